The van der Waals surface area contributed by atoms with Crippen molar-refractivity contribution in [2.24, 2.45) is 11.8 Å². The molecule has 9 nitrogen and oxygen atoms in total. The van der Waals surface area contributed by atoms with Gasteiger partial charge in [0.05, 0.1) is 30.2 Å². The highest BCUT2D eigenvalue weighted by Crippen LogP contribution is 2.41. The normalized spacial score (nSPS) is 21.1. The smallest absolute Gasteiger partial charge is 0.421 e. The molecule has 1 aromatic carbocycles. The van der Waals surface area contributed by atoms with Crippen molar-refractivity contribution < 1.29 is 36.6 Å². The SMILES string of the molecule is CC1CCC(C(=O)N2c3cc(F)c(Oc4ncc(CCn5nccn5)cc4C(F)(F)F)cc3C(=O)OC2C)CC1. The number of aromatic nitrogens is 4. The van der Waals surface area contributed by atoms with E-state index < -0.39 is 41.4 Å². The summed E-state index contributed by atoms with van der Waals surface area (Å²) in [5.41, 5.74) is -1.17. The maximum absolute atomic E-state index is 15.3. The number of esters is 1. The van der Waals surface area contributed by atoms with E-state index >= 15 is 4.39 Å². The molecule has 1 atom stereocenters. The molecule has 1 unspecified atom stereocenters. The highest BCUT2D eigenvalue weighted by Gasteiger charge is 2.40. The number of benzene rings is 1. The molecule has 3 aromatic rings. The lowest BCUT2D eigenvalue weighted by molar-refractivity contribution is -0.139. The highest BCUT2D eigenvalue weighted by atomic mass is 19.4. The van der Waals surface area contributed by atoms with Crippen molar-refractivity contribution in [2.75, 3.05) is 4.90 Å². The van der Waals surface area contributed by atoms with Crippen LogP contribution in [0.1, 0.15) is 61.0 Å². The van der Waals surface area contributed by atoms with E-state index in [-0.39, 0.29) is 41.6 Å². The molecule has 212 valence electrons. The fourth-order valence-corrected chi connectivity index (χ4v) is 5.06. The minimum Gasteiger partial charge on any atom is -0.438 e. The molecular formula is C27H27F4N5O4. The van der Waals surface area contributed by atoms with Gasteiger partial charge in [0.25, 0.3) is 0 Å². The molecule has 0 N–H and O–H groups in total. The first-order valence-corrected chi connectivity index (χ1v) is 13.0. The molecule has 40 heavy (non-hydrogen) atoms. The van der Waals surface area contributed by atoms with Crippen LogP contribution >= 0.6 is 0 Å². The maximum atomic E-state index is 15.3. The van der Waals surface area contributed by atoms with Crippen LogP contribution in [0.5, 0.6) is 11.6 Å². The summed E-state index contributed by atoms with van der Waals surface area (Å²) in [4.78, 5) is 32.4. The van der Waals surface area contributed by atoms with E-state index in [1.807, 2.05) is 0 Å². The zero-order valence-electron chi connectivity index (χ0n) is 21.8. The molecule has 1 aliphatic heterocycles. The summed E-state index contributed by atoms with van der Waals surface area (Å²) in [6.07, 6.45) is 1.49. The fraction of sp³-hybridized carbons (Fsp3) is 0.444. The topological polar surface area (TPSA) is 99.4 Å². The number of halogens is 4. The molecule has 5 rings (SSSR count). The number of nitrogens with zero attached hydrogens (tertiary/aromatic N) is 5. The number of rotatable bonds is 6. The molecular weight excluding hydrogens is 534 g/mol. The van der Waals surface area contributed by atoms with Crippen LogP contribution in [0, 0.1) is 17.7 Å². The average molecular weight is 562 g/mol. The molecule has 1 aliphatic carbocycles. The standard InChI is InChI=1S/C27H27F4N5O4/c1-15-3-5-18(6-4-15)25(37)36-16(2)39-26(38)19-12-23(21(28)13-22(19)36)40-24-20(27(29,30)31)11-17(14-32-24)7-10-35-33-8-9-34-35/h8-9,11-16,18H,3-7,10H2,1-2H3. The van der Waals surface area contributed by atoms with Crippen molar-refractivity contribution in [1.82, 2.24) is 20.0 Å². The third-order valence-electron chi connectivity index (χ3n) is 7.26. The van der Waals surface area contributed by atoms with E-state index in [0.717, 1.165) is 31.0 Å². The van der Waals surface area contributed by atoms with Crippen LogP contribution in [0.25, 0.3) is 0 Å². The number of pyridine rings is 1. The van der Waals surface area contributed by atoms with Gasteiger partial charge in [-0.3, -0.25) is 9.69 Å². The van der Waals surface area contributed by atoms with Crippen molar-refractivity contribution >= 4 is 17.6 Å². The zero-order valence-corrected chi connectivity index (χ0v) is 21.8. The van der Waals surface area contributed by atoms with E-state index in [1.54, 1.807) is 0 Å². The van der Waals surface area contributed by atoms with Crippen LogP contribution in [-0.2, 0) is 28.7 Å². The van der Waals surface area contributed by atoms with Crippen molar-refractivity contribution in [2.45, 2.75) is 64.9 Å². The minimum absolute atomic E-state index is 0.0104. The molecule has 0 bridgehead atoms. The molecule has 2 aliphatic rings. The van der Waals surface area contributed by atoms with Gasteiger partial charge in [-0.1, -0.05) is 6.92 Å². The van der Waals surface area contributed by atoms with Gasteiger partial charge in [-0.2, -0.15) is 28.2 Å². The highest BCUT2D eigenvalue weighted by molar-refractivity contribution is 6.06. The summed E-state index contributed by atoms with van der Waals surface area (Å²) < 4.78 is 67.6. The summed E-state index contributed by atoms with van der Waals surface area (Å²) in [6.45, 7) is 3.85. The van der Waals surface area contributed by atoms with Gasteiger partial charge in [-0.25, -0.2) is 14.2 Å². The molecule has 1 amide bonds. The largest absolute Gasteiger partial charge is 0.438 e. The predicted octanol–water partition coefficient (Wildman–Crippen LogP) is 5.54. The van der Waals surface area contributed by atoms with Gasteiger partial charge in [0.15, 0.2) is 17.8 Å². The number of fused-ring (bicyclic) bond motifs is 1. The maximum Gasteiger partial charge on any atom is 0.421 e. The van der Waals surface area contributed by atoms with Crippen LogP contribution in [0.3, 0.4) is 0 Å². The Hall–Kier alpha value is -4.03. The van der Waals surface area contributed by atoms with Crippen LogP contribution in [-0.4, -0.2) is 38.1 Å². The monoisotopic (exact) mass is 561 g/mol. The van der Waals surface area contributed by atoms with Crippen LogP contribution in [0.4, 0.5) is 23.2 Å². The van der Waals surface area contributed by atoms with Gasteiger partial charge >= 0.3 is 12.1 Å². The van der Waals surface area contributed by atoms with E-state index in [4.69, 9.17) is 9.47 Å². The predicted molar refractivity (Wildman–Crippen MR) is 133 cm³/mol. The second kappa shape index (κ2) is 10.9. The number of carbonyl (C=O) groups is 2. The van der Waals surface area contributed by atoms with E-state index in [2.05, 4.69) is 22.1 Å². The number of amides is 1. The molecule has 0 saturated heterocycles. The Labute approximate surface area is 227 Å². The quantitative estimate of drug-likeness (QED) is 0.288. The van der Waals surface area contributed by atoms with E-state index in [0.29, 0.717) is 18.8 Å². The van der Waals surface area contributed by atoms with Gasteiger partial charge in [0.2, 0.25) is 11.8 Å². The first kappa shape index (κ1) is 27.5. The number of cyclic esters (lactones) is 1. The second-order valence-corrected chi connectivity index (χ2v) is 10.1. The Kier molecular flexibility index (Phi) is 7.47. The van der Waals surface area contributed by atoms with Crippen molar-refractivity contribution in [3.05, 3.63) is 59.3 Å². The Morgan fingerprint density at radius 3 is 2.48 bits per heavy atom. The Morgan fingerprint density at radius 2 is 1.80 bits per heavy atom. The number of aryl methyl sites for hydroxylation is 2. The Bertz CT molecular complexity index is 1400. The third-order valence-corrected chi connectivity index (χ3v) is 7.26. The minimum atomic E-state index is -4.86. The summed E-state index contributed by atoms with van der Waals surface area (Å²) in [7, 11) is 0. The third kappa shape index (κ3) is 5.63. The lowest BCUT2D eigenvalue weighted by atomic mass is 9.82. The van der Waals surface area contributed by atoms with Gasteiger partial charge in [0, 0.05) is 24.2 Å². The number of carbonyl (C=O) groups excluding carboxylic acids is 2. The van der Waals surface area contributed by atoms with E-state index in [9.17, 15) is 22.8 Å². The van der Waals surface area contributed by atoms with Crippen molar-refractivity contribution in [1.29, 1.82) is 0 Å². The van der Waals surface area contributed by atoms with Gasteiger partial charge in [0.1, 0.15) is 5.56 Å². The summed E-state index contributed by atoms with van der Waals surface area (Å²) >= 11 is 0. The molecule has 0 radical (unpaired) electrons. The summed E-state index contributed by atoms with van der Waals surface area (Å²) in [5.74, 6) is -3.53. The molecule has 1 saturated carbocycles. The molecule has 3 heterocycles. The number of ether oxygens (including phenoxy) is 2. The Balaban J connectivity index is 1.43. The fourth-order valence-electron chi connectivity index (χ4n) is 5.06. The lowest BCUT2D eigenvalue weighted by Gasteiger charge is -2.37. The lowest BCUT2D eigenvalue weighted by Crippen LogP contribution is -2.48. The van der Waals surface area contributed by atoms with Gasteiger partial charge < -0.3 is 9.47 Å². The van der Waals surface area contributed by atoms with Crippen LogP contribution in [0.2, 0.25) is 0 Å². The van der Waals surface area contributed by atoms with Gasteiger partial charge in [-0.05, 0) is 56.6 Å². The molecule has 13 heteroatoms. The van der Waals surface area contributed by atoms with Crippen molar-refractivity contribution in [3.8, 4) is 11.6 Å². The molecule has 0 spiro atoms. The number of alkyl halides is 3. The molecule has 1 fully saturated rings. The van der Waals surface area contributed by atoms with Crippen LogP contribution in [0.15, 0.2) is 36.8 Å². The number of anilines is 1. The van der Waals surface area contributed by atoms with Gasteiger partial charge in [-0.15, -0.1) is 0 Å². The first-order valence-electron chi connectivity index (χ1n) is 13.0. The molecule has 2 aromatic heterocycles. The second-order valence-electron chi connectivity index (χ2n) is 10.1. The summed E-state index contributed by atoms with van der Waals surface area (Å²) in [5, 5.41) is 7.82. The van der Waals surface area contributed by atoms with E-state index in [1.165, 1.54) is 35.2 Å². The average Bonchev–Trinajstić information content (AvgIpc) is 3.42. The zero-order chi connectivity index (χ0) is 28.6. The summed E-state index contributed by atoms with van der Waals surface area (Å²) in [6, 6.07) is 2.73. The van der Waals surface area contributed by atoms with Crippen molar-refractivity contribution in [3.63, 3.8) is 0 Å². The number of hydrogen-bond acceptors (Lipinski definition) is 7. The Morgan fingerprint density at radius 1 is 1.10 bits per heavy atom. The number of hydrogen-bond donors (Lipinski definition) is 0. The first-order chi connectivity index (χ1) is 19.0. The van der Waals surface area contributed by atoms with Crippen LogP contribution < -0.4 is 9.64 Å².